The first-order valence-electron chi connectivity index (χ1n) is 9.57. The van der Waals surface area contributed by atoms with E-state index in [1.54, 1.807) is 30.7 Å². The van der Waals surface area contributed by atoms with Gasteiger partial charge in [-0.1, -0.05) is 35.1 Å². The summed E-state index contributed by atoms with van der Waals surface area (Å²) in [5.41, 5.74) is 1.19. The smallest absolute Gasteiger partial charge is 0.267 e. The van der Waals surface area contributed by atoms with Gasteiger partial charge in [0.05, 0.1) is 29.0 Å². The Bertz CT molecular complexity index is 1470. The van der Waals surface area contributed by atoms with Gasteiger partial charge in [-0.05, 0) is 38.1 Å². The van der Waals surface area contributed by atoms with Gasteiger partial charge in [0.2, 0.25) is 11.7 Å². The van der Waals surface area contributed by atoms with Crippen LogP contribution in [0.5, 0.6) is 5.75 Å². The number of thioether (sulfide) groups is 1. The van der Waals surface area contributed by atoms with Crippen LogP contribution in [0, 0.1) is 6.92 Å². The summed E-state index contributed by atoms with van der Waals surface area (Å²) in [5.74, 6) is 2.13. The van der Waals surface area contributed by atoms with Crippen molar-refractivity contribution in [3.63, 3.8) is 0 Å². The van der Waals surface area contributed by atoms with Crippen LogP contribution in [0.1, 0.15) is 23.9 Å². The number of aromatic nitrogens is 6. The number of ether oxygens (including phenoxy) is 1. The number of hydrogen-bond acceptors (Lipinski definition) is 8. The molecule has 0 radical (unpaired) electrons. The zero-order valence-electron chi connectivity index (χ0n) is 17.0. The molecular formula is C21H18N6O3S. The quantitative estimate of drug-likeness (QED) is 0.387. The van der Waals surface area contributed by atoms with Crippen molar-refractivity contribution in [2.75, 3.05) is 7.11 Å². The van der Waals surface area contributed by atoms with Crippen LogP contribution in [0.2, 0.25) is 0 Å². The van der Waals surface area contributed by atoms with E-state index in [0.717, 1.165) is 5.52 Å². The normalized spacial score (nSPS) is 12.5. The lowest BCUT2D eigenvalue weighted by molar-refractivity contribution is 0.376. The van der Waals surface area contributed by atoms with Crippen molar-refractivity contribution < 1.29 is 9.26 Å². The predicted octanol–water partition coefficient (Wildman–Crippen LogP) is 3.59. The third kappa shape index (κ3) is 3.25. The van der Waals surface area contributed by atoms with Crippen molar-refractivity contribution in [3.05, 3.63) is 70.6 Å². The number of fused-ring (bicyclic) bond motifs is 3. The highest BCUT2D eigenvalue weighted by molar-refractivity contribution is 7.99. The highest BCUT2D eigenvalue weighted by atomic mass is 32.2. The second-order valence-electron chi connectivity index (χ2n) is 6.92. The molecule has 0 bridgehead atoms. The summed E-state index contributed by atoms with van der Waals surface area (Å²) in [6, 6.07) is 14.7. The number of nitrogens with zero attached hydrogens (tertiary/aromatic N) is 6. The minimum Gasteiger partial charge on any atom is -0.497 e. The molecule has 0 N–H and O–H groups in total. The van der Waals surface area contributed by atoms with Crippen LogP contribution in [-0.4, -0.2) is 36.4 Å². The molecule has 1 atom stereocenters. The SMILES string of the molecule is COc1cccc(-n2c(=O)c3ccccc3n3c(S[C@@H](C)c4nc(C)no4)nnc23)c1. The zero-order chi connectivity index (χ0) is 21.5. The summed E-state index contributed by atoms with van der Waals surface area (Å²) in [5, 5.41) is 13.6. The van der Waals surface area contributed by atoms with Gasteiger partial charge in [0.1, 0.15) is 5.75 Å². The van der Waals surface area contributed by atoms with E-state index < -0.39 is 0 Å². The van der Waals surface area contributed by atoms with Crippen molar-refractivity contribution >= 4 is 28.4 Å². The van der Waals surface area contributed by atoms with Gasteiger partial charge in [-0.2, -0.15) is 4.98 Å². The Morgan fingerprint density at radius 3 is 2.74 bits per heavy atom. The summed E-state index contributed by atoms with van der Waals surface area (Å²) in [7, 11) is 1.59. The zero-order valence-corrected chi connectivity index (χ0v) is 17.8. The Morgan fingerprint density at radius 1 is 1.13 bits per heavy atom. The number of benzene rings is 2. The average molecular weight is 434 g/mol. The molecule has 5 rings (SSSR count). The lowest BCUT2D eigenvalue weighted by Gasteiger charge is -2.12. The Labute approximate surface area is 180 Å². The first kappa shape index (κ1) is 19.3. The van der Waals surface area contributed by atoms with Gasteiger partial charge >= 0.3 is 0 Å². The minimum atomic E-state index is -0.180. The number of hydrogen-bond donors (Lipinski definition) is 0. The highest BCUT2D eigenvalue weighted by Gasteiger charge is 2.22. The second-order valence-corrected chi connectivity index (χ2v) is 8.23. The van der Waals surface area contributed by atoms with Crippen LogP contribution in [0.3, 0.4) is 0 Å². The van der Waals surface area contributed by atoms with Crippen LogP contribution < -0.4 is 10.3 Å². The summed E-state index contributed by atoms with van der Waals surface area (Å²) in [4.78, 5) is 17.7. The second kappa shape index (κ2) is 7.55. The van der Waals surface area contributed by atoms with Crippen molar-refractivity contribution in [1.29, 1.82) is 0 Å². The van der Waals surface area contributed by atoms with Gasteiger partial charge in [-0.25, -0.2) is 4.57 Å². The fourth-order valence-electron chi connectivity index (χ4n) is 3.42. The summed E-state index contributed by atoms with van der Waals surface area (Å²) < 4.78 is 14.1. The van der Waals surface area contributed by atoms with Crippen molar-refractivity contribution in [1.82, 2.24) is 29.3 Å². The Balaban J connectivity index is 1.75. The van der Waals surface area contributed by atoms with E-state index in [9.17, 15) is 4.79 Å². The molecule has 0 amide bonds. The maximum Gasteiger partial charge on any atom is 0.267 e. The highest BCUT2D eigenvalue weighted by Crippen LogP contribution is 2.34. The van der Waals surface area contributed by atoms with Crippen LogP contribution in [-0.2, 0) is 0 Å². The lowest BCUT2D eigenvalue weighted by atomic mass is 10.2. The van der Waals surface area contributed by atoms with Gasteiger partial charge in [0.15, 0.2) is 11.0 Å². The van der Waals surface area contributed by atoms with Gasteiger partial charge in [0.25, 0.3) is 5.56 Å². The molecule has 0 spiro atoms. The molecule has 5 aromatic rings. The van der Waals surface area contributed by atoms with Crippen molar-refractivity contribution in [2.45, 2.75) is 24.3 Å². The van der Waals surface area contributed by atoms with E-state index in [0.29, 0.717) is 39.5 Å². The van der Waals surface area contributed by atoms with Crippen LogP contribution in [0.25, 0.3) is 22.4 Å². The summed E-state index contributed by atoms with van der Waals surface area (Å²) >= 11 is 1.43. The van der Waals surface area contributed by atoms with Gasteiger partial charge < -0.3 is 9.26 Å². The van der Waals surface area contributed by atoms with Crippen molar-refractivity contribution in [2.24, 2.45) is 0 Å². The fourth-order valence-corrected chi connectivity index (χ4v) is 4.31. The molecule has 156 valence electrons. The molecule has 31 heavy (non-hydrogen) atoms. The monoisotopic (exact) mass is 434 g/mol. The maximum atomic E-state index is 13.4. The Kier molecular flexibility index (Phi) is 4.70. The van der Waals surface area contributed by atoms with Crippen LogP contribution in [0.15, 0.2) is 63.0 Å². The first-order chi connectivity index (χ1) is 15.1. The van der Waals surface area contributed by atoms with E-state index in [4.69, 9.17) is 9.26 Å². The van der Waals surface area contributed by atoms with Gasteiger partial charge in [0, 0.05) is 6.07 Å². The molecule has 2 aromatic carbocycles. The molecule has 0 fully saturated rings. The van der Waals surface area contributed by atoms with E-state index in [1.807, 2.05) is 47.7 Å². The maximum absolute atomic E-state index is 13.4. The molecule has 0 saturated heterocycles. The Hall–Kier alpha value is -3.66. The van der Waals surface area contributed by atoms with E-state index in [-0.39, 0.29) is 10.8 Å². The number of aryl methyl sites for hydroxylation is 1. The molecule has 0 unspecified atom stereocenters. The van der Waals surface area contributed by atoms with Gasteiger partial charge in [-0.3, -0.25) is 9.20 Å². The topological polar surface area (TPSA) is 100 Å². The molecule has 3 heterocycles. The van der Waals surface area contributed by atoms with Gasteiger partial charge in [-0.15, -0.1) is 10.2 Å². The lowest BCUT2D eigenvalue weighted by Crippen LogP contribution is -2.21. The van der Waals surface area contributed by atoms with E-state index in [2.05, 4.69) is 20.3 Å². The largest absolute Gasteiger partial charge is 0.497 e. The standard InChI is InChI=1S/C21H18N6O3S/c1-12(18-22-13(2)25-30-18)31-21-24-23-20-26(14-7-6-8-15(11-14)29-3)19(28)16-9-4-5-10-17(16)27(20)21/h4-12H,1-3H3/t12-/m0/s1. The minimum absolute atomic E-state index is 0.149. The molecule has 0 aliphatic carbocycles. The van der Waals surface area contributed by atoms with Crippen LogP contribution >= 0.6 is 11.8 Å². The molecule has 10 heteroatoms. The molecule has 9 nitrogen and oxygen atoms in total. The van der Waals surface area contributed by atoms with Crippen molar-refractivity contribution in [3.8, 4) is 11.4 Å². The van der Waals surface area contributed by atoms with E-state index in [1.165, 1.54) is 11.8 Å². The Morgan fingerprint density at radius 2 is 1.97 bits per heavy atom. The summed E-state index contributed by atoms with van der Waals surface area (Å²) in [6.45, 7) is 3.73. The summed E-state index contributed by atoms with van der Waals surface area (Å²) in [6.07, 6.45) is 0. The third-order valence-corrected chi connectivity index (χ3v) is 5.91. The van der Waals surface area contributed by atoms with E-state index >= 15 is 0 Å². The first-order valence-corrected chi connectivity index (χ1v) is 10.4. The predicted molar refractivity (Wildman–Crippen MR) is 116 cm³/mol. The number of para-hydroxylation sites is 1. The fraction of sp³-hybridized carbons (Fsp3) is 0.190. The molecular weight excluding hydrogens is 416 g/mol. The number of rotatable bonds is 5. The third-order valence-electron chi connectivity index (χ3n) is 4.88. The molecule has 0 saturated carbocycles. The number of methoxy groups -OCH3 is 1. The molecule has 3 aromatic heterocycles. The molecule has 0 aliphatic rings. The van der Waals surface area contributed by atoms with Crippen LogP contribution in [0.4, 0.5) is 0 Å². The average Bonchev–Trinajstić information content (AvgIpc) is 3.41. The molecule has 0 aliphatic heterocycles.